The summed E-state index contributed by atoms with van der Waals surface area (Å²) in [6, 6.07) is 15.6. The molecule has 4 nitrogen and oxygen atoms in total. The molecule has 0 saturated heterocycles. The number of benzene rings is 2. The fraction of sp³-hybridized carbons (Fsp3) is 0.458. The Kier molecular flexibility index (Phi) is 5.67. The van der Waals surface area contributed by atoms with E-state index < -0.39 is 0 Å². The van der Waals surface area contributed by atoms with Crippen molar-refractivity contribution >= 4 is 17.3 Å². The van der Waals surface area contributed by atoms with E-state index in [0.717, 1.165) is 5.69 Å². The molecule has 3 atom stereocenters. The first kappa shape index (κ1) is 19.0. The van der Waals surface area contributed by atoms with Gasteiger partial charge in [-0.15, -0.1) is 0 Å². The molecule has 2 aliphatic rings. The third kappa shape index (κ3) is 3.93. The van der Waals surface area contributed by atoms with E-state index in [9.17, 15) is 4.79 Å². The van der Waals surface area contributed by atoms with Crippen LogP contribution in [-0.2, 0) is 9.53 Å². The van der Waals surface area contributed by atoms with Crippen LogP contribution in [0.15, 0.2) is 42.5 Å². The molecule has 1 fully saturated rings. The monoisotopic (exact) mass is 378 g/mol. The lowest BCUT2D eigenvalue weighted by atomic mass is 9.68. The Morgan fingerprint density at radius 1 is 1.14 bits per heavy atom. The molecule has 4 rings (SSSR count). The number of hydrogen-bond acceptors (Lipinski definition) is 3. The largest absolute Gasteiger partial charge is 0.384 e. The predicted octanol–water partition coefficient (Wildman–Crippen LogP) is 5.41. The third-order valence-corrected chi connectivity index (χ3v) is 6.26. The van der Waals surface area contributed by atoms with Crippen LogP contribution in [0.5, 0.6) is 0 Å². The minimum atomic E-state index is 0.00305. The van der Waals surface area contributed by atoms with Gasteiger partial charge in [-0.1, -0.05) is 42.7 Å². The molecule has 1 amide bonds. The van der Waals surface area contributed by atoms with Crippen molar-refractivity contribution in [1.82, 2.24) is 0 Å². The highest BCUT2D eigenvalue weighted by Gasteiger charge is 2.38. The van der Waals surface area contributed by atoms with Crippen molar-refractivity contribution in [2.24, 2.45) is 5.92 Å². The molecule has 28 heavy (non-hydrogen) atoms. The molecule has 2 aromatic rings. The van der Waals surface area contributed by atoms with Gasteiger partial charge < -0.3 is 15.4 Å². The van der Waals surface area contributed by atoms with Crippen LogP contribution >= 0.6 is 0 Å². The van der Waals surface area contributed by atoms with Crippen molar-refractivity contribution in [3.05, 3.63) is 59.2 Å². The summed E-state index contributed by atoms with van der Waals surface area (Å²) in [7, 11) is 1.62. The molecule has 0 aromatic heterocycles. The number of carbonyl (C=O) groups is 1. The molecule has 0 spiro atoms. The van der Waals surface area contributed by atoms with E-state index >= 15 is 0 Å². The summed E-state index contributed by atoms with van der Waals surface area (Å²) in [6.07, 6.45) is 5.44. The van der Waals surface area contributed by atoms with Crippen molar-refractivity contribution in [3.63, 3.8) is 0 Å². The number of carbonyl (C=O) groups excluding carboxylic acids is 1. The Labute approximate surface area is 167 Å². The van der Waals surface area contributed by atoms with Gasteiger partial charge >= 0.3 is 0 Å². The Balaban J connectivity index is 1.61. The molecular weight excluding hydrogens is 348 g/mol. The molecule has 1 heterocycles. The van der Waals surface area contributed by atoms with E-state index in [1.54, 1.807) is 7.11 Å². The lowest BCUT2D eigenvalue weighted by Crippen LogP contribution is -2.33. The van der Waals surface area contributed by atoms with Gasteiger partial charge in [-0.2, -0.15) is 0 Å². The number of hydrogen-bond donors (Lipinski definition) is 2. The van der Waals surface area contributed by atoms with Crippen LogP contribution in [0.1, 0.15) is 60.8 Å². The summed E-state index contributed by atoms with van der Waals surface area (Å²) in [5.74, 6) is 1.15. The van der Waals surface area contributed by atoms with E-state index in [1.165, 1.54) is 48.1 Å². The summed E-state index contributed by atoms with van der Waals surface area (Å²) in [5, 5.41) is 6.84. The maximum atomic E-state index is 12.1. The van der Waals surface area contributed by atoms with Crippen LogP contribution in [0.3, 0.4) is 0 Å². The average Bonchev–Trinajstić information content (AvgIpc) is 2.72. The highest BCUT2D eigenvalue weighted by atomic mass is 16.5. The van der Waals surface area contributed by atoms with Gasteiger partial charge in [0.1, 0.15) is 0 Å². The van der Waals surface area contributed by atoms with Gasteiger partial charge in [-0.05, 0) is 60.9 Å². The van der Waals surface area contributed by atoms with E-state index in [2.05, 4.69) is 54.0 Å². The Morgan fingerprint density at radius 3 is 2.71 bits per heavy atom. The van der Waals surface area contributed by atoms with Gasteiger partial charge in [-0.25, -0.2) is 0 Å². The quantitative estimate of drug-likeness (QED) is 0.731. The Bertz CT molecular complexity index is 831. The van der Waals surface area contributed by atoms with Crippen LogP contribution < -0.4 is 10.6 Å². The van der Waals surface area contributed by atoms with Crippen molar-refractivity contribution in [1.29, 1.82) is 0 Å². The smallest absolute Gasteiger partial charge is 0.226 e. The minimum Gasteiger partial charge on any atom is -0.384 e. The lowest BCUT2D eigenvalue weighted by Gasteiger charge is -2.44. The van der Waals surface area contributed by atoms with Gasteiger partial charge in [0.2, 0.25) is 5.91 Å². The lowest BCUT2D eigenvalue weighted by molar-refractivity contribution is -0.117. The normalized spacial score (nSPS) is 23.3. The van der Waals surface area contributed by atoms with E-state index in [0.29, 0.717) is 30.9 Å². The summed E-state index contributed by atoms with van der Waals surface area (Å²) in [6.45, 7) is 2.58. The van der Waals surface area contributed by atoms with Gasteiger partial charge in [0.05, 0.1) is 19.1 Å². The van der Waals surface area contributed by atoms with Gasteiger partial charge in [-0.3, -0.25) is 4.79 Å². The number of methoxy groups -OCH3 is 1. The maximum absolute atomic E-state index is 12.1. The number of fused-ring (bicyclic) bond motifs is 3. The van der Waals surface area contributed by atoms with Gasteiger partial charge in [0, 0.05) is 18.5 Å². The maximum Gasteiger partial charge on any atom is 0.226 e. The molecule has 2 aromatic carbocycles. The molecule has 0 radical (unpaired) electrons. The second kappa shape index (κ2) is 8.36. The van der Waals surface area contributed by atoms with Crippen LogP contribution in [0.25, 0.3) is 0 Å². The zero-order valence-electron chi connectivity index (χ0n) is 16.8. The van der Waals surface area contributed by atoms with Crippen molar-refractivity contribution in [2.75, 3.05) is 24.4 Å². The number of ether oxygens (including phenoxy) is 1. The number of nitrogens with one attached hydrogen (secondary N) is 2. The molecule has 1 aliphatic heterocycles. The highest BCUT2D eigenvalue weighted by molar-refractivity contribution is 5.91. The van der Waals surface area contributed by atoms with Crippen molar-refractivity contribution in [3.8, 4) is 0 Å². The zero-order chi connectivity index (χ0) is 19.5. The molecule has 0 bridgehead atoms. The molecule has 1 aliphatic carbocycles. The van der Waals surface area contributed by atoms with E-state index in [-0.39, 0.29) is 5.91 Å². The van der Waals surface area contributed by atoms with Crippen LogP contribution in [-0.4, -0.2) is 19.6 Å². The second-order valence-corrected chi connectivity index (χ2v) is 8.18. The summed E-state index contributed by atoms with van der Waals surface area (Å²) in [5.41, 5.74) is 6.14. The molecule has 2 N–H and O–H groups in total. The number of amides is 1. The second-order valence-electron chi connectivity index (χ2n) is 8.18. The summed E-state index contributed by atoms with van der Waals surface area (Å²) in [4.78, 5) is 12.1. The fourth-order valence-electron chi connectivity index (χ4n) is 4.82. The van der Waals surface area contributed by atoms with E-state index in [1.807, 2.05) is 6.07 Å². The van der Waals surface area contributed by atoms with Gasteiger partial charge in [0.25, 0.3) is 0 Å². The van der Waals surface area contributed by atoms with Crippen LogP contribution in [0.2, 0.25) is 0 Å². The fourth-order valence-corrected chi connectivity index (χ4v) is 4.82. The first-order chi connectivity index (χ1) is 13.7. The first-order valence-corrected chi connectivity index (χ1v) is 10.4. The van der Waals surface area contributed by atoms with Crippen molar-refractivity contribution < 1.29 is 9.53 Å². The Morgan fingerprint density at radius 2 is 1.93 bits per heavy atom. The standard InChI is InChI=1S/C24H30N2O2/c1-16-7-9-17(10-8-16)24-20-6-4-3-5-19(20)21-15-18(11-12-22(21)26-24)25-23(27)13-14-28-2/h7-12,15,19-20,24,26H,3-6,13-14H2,1-2H3,(H,25,27). The van der Waals surface area contributed by atoms with Crippen LogP contribution in [0.4, 0.5) is 11.4 Å². The number of rotatable bonds is 5. The molecule has 148 valence electrons. The molecular formula is C24H30N2O2. The molecule has 3 unspecified atom stereocenters. The van der Waals surface area contributed by atoms with Gasteiger partial charge in [0.15, 0.2) is 0 Å². The van der Waals surface area contributed by atoms with E-state index in [4.69, 9.17) is 4.74 Å². The SMILES string of the molecule is COCCC(=O)Nc1ccc2c(c1)C1CCCCC1C(c1ccc(C)cc1)N2. The molecule has 4 heteroatoms. The summed E-state index contributed by atoms with van der Waals surface area (Å²) >= 11 is 0. The summed E-state index contributed by atoms with van der Waals surface area (Å²) < 4.78 is 5.00. The topological polar surface area (TPSA) is 50.4 Å². The highest BCUT2D eigenvalue weighted by Crippen LogP contribution is 2.51. The zero-order valence-corrected chi connectivity index (χ0v) is 16.8. The predicted molar refractivity (Wildman–Crippen MR) is 114 cm³/mol. The number of aryl methyl sites for hydroxylation is 1. The Hall–Kier alpha value is -2.33. The van der Waals surface area contributed by atoms with Crippen LogP contribution in [0, 0.1) is 12.8 Å². The first-order valence-electron chi connectivity index (χ1n) is 10.4. The average molecular weight is 379 g/mol. The number of anilines is 2. The molecule has 1 saturated carbocycles. The third-order valence-electron chi connectivity index (χ3n) is 6.26. The van der Waals surface area contributed by atoms with Crippen molar-refractivity contribution in [2.45, 2.75) is 51.0 Å². The minimum absolute atomic E-state index is 0.00305.